The lowest BCUT2D eigenvalue weighted by Crippen LogP contribution is -2.06. The number of benzene rings is 6. The molecule has 0 amide bonds. The number of hydrogen-bond donors (Lipinski definition) is 0. The zero-order valence-corrected chi connectivity index (χ0v) is 25.0. The summed E-state index contributed by atoms with van der Waals surface area (Å²) in [4.78, 5) is 0. The van der Waals surface area contributed by atoms with Gasteiger partial charge in [-0.05, 0) is 79.1 Å². The monoisotopic (exact) mass is 605 g/mol. The predicted molar refractivity (Wildman–Crippen MR) is 180 cm³/mol. The SMILES string of the molecule is Cc1ccc2c3ccccc3n(-c3cc(-c4cccc(C(F)(F)F)c4)c(-n4c5ccccc5c5ccc(C)cc54)cc3C#N)c2c1. The van der Waals surface area contributed by atoms with Crippen LogP contribution in [0.25, 0.3) is 66.1 Å². The lowest BCUT2D eigenvalue weighted by Gasteiger charge is -2.19. The minimum atomic E-state index is -4.51. The maximum absolute atomic E-state index is 14.1. The van der Waals surface area contributed by atoms with Gasteiger partial charge >= 0.3 is 6.18 Å². The van der Waals surface area contributed by atoms with Gasteiger partial charge in [-0.2, -0.15) is 18.4 Å². The Kier molecular flexibility index (Phi) is 6.10. The highest BCUT2D eigenvalue weighted by Crippen LogP contribution is 2.42. The molecule has 0 atom stereocenters. The number of nitriles is 1. The van der Waals surface area contributed by atoms with Crippen LogP contribution in [-0.2, 0) is 6.18 Å². The van der Waals surface area contributed by atoms with Crippen LogP contribution in [-0.4, -0.2) is 9.13 Å². The van der Waals surface area contributed by atoms with E-state index in [9.17, 15) is 18.4 Å². The molecule has 0 saturated heterocycles. The van der Waals surface area contributed by atoms with Crippen LogP contribution in [0.1, 0.15) is 22.3 Å². The molecule has 0 bridgehead atoms. The van der Waals surface area contributed by atoms with Gasteiger partial charge in [-0.1, -0.05) is 72.8 Å². The van der Waals surface area contributed by atoms with E-state index in [0.29, 0.717) is 28.1 Å². The van der Waals surface area contributed by atoms with E-state index < -0.39 is 11.7 Å². The van der Waals surface area contributed by atoms with E-state index in [0.717, 1.165) is 60.8 Å². The van der Waals surface area contributed by atoms with Gasteiger partial charge in [0.05, 0.1) is 44.6 Å². The lowest BCUT2D eigenvalue weighted by molar-refractivity contribution is -0.137. The third-order valence-electron chi connectivity index (χ3n) is 8.88. The van der Waals surface area contributed by atoms with Crippen LogP contribution in [0.15, 0.2) is 121 Å². The molecule has 222 valence electrons. The van der Waals surface area contributed by atoms with Crippen LogP contribution in [0.4, 0.5) is 13.2 Å². The van der Waals surface area contributed by atoms with Crippen molar-refractivity contribution in [2.75, 3.05) is 0 Å². The van der Waals surface area contributed by atoms with Gasteiger partial charge in [0.2, 0.25) is 0 Å². The largest absolute Gasteiger partial charge is 0.416 e. The molecule has 0 aliphatic rings. The second-order valence-electron chi connectivity index (χ2n) is 11.8. The third-order valence-corrected chi connectivity index (χ3v) is 8.88. The molecule has 2 aromatic heterocycles. The van der Waals surface area contributed by atoms with Gasteiger partial charge in [0.15, 0.2) is 0 Å². The Labute approximate surface area is 263 Å². The molecule has 8 rings (SSSR count). The number of hydrogen-bond acceptors (Lipinski definition) is 1. The van der Waals surface area contributed by atoms with Crippen molar-refractivity contribution in [2.45, 2.75) is 20.0 Å². The van der Waals surface area contributed by atoms with Crippen molar-refractivity contribution < 1.29 is 13.2 Å². The fraction of sp³-hybridized carbons (Fsp3) is 0.0750. The summed E-state index contributed by atoms with van der Waals surface area (Å²) in [6.45, 7) is 4.04. The van der Waals surface area contributed by atoms with E-state index in [-0.39, 0.29) is 0 Å². The highest BCUT2D eigenvalue weighted by molar-refractivity contribution is 6.11. The Morgan fingerprint density at radius 3 is 1.65 bits per heavy atom. The topological polar surface area (TPSA) is 33.6 Å². The lowest BCUT2D eigenvalue weighted by atomic mass is 9.97. The Balaban J connectivity index is 1.54. The molecule has 0 fully saturated rings. The van der Waals surface area contributed by atoms with Crippen LogP contribution >= 0.6 is 0 Å². The second kappa shape index (κ2) is 10.1. The standard InChI is InChI=1S/C40H26F3N3/c1-24-14-16-31-29-10-3-5-12-34(29)45(37(31)18-24)36-22-33(26-8-7-9-28(20-26)40(41,42)43)39(21-27(36)23-44)46-35-13-6-4-11-30(35)32-17-15-25(2)19-38(32)46/h3-22H,1-2H3. The van der Waals surface area contributed by atoms with Crippen molar-refractivity contribution in [3.05, 3.63) is 144 Å². The van der Waals surface area contributed by atoms with Crippen molar-refractivity contribution >= 4 is 43.6 Å². The Morgan fingerprint density at radius 1 is 0.543 bits per heavy atom. The number of para-hydroxylation sites is 2. The summed E-state index contributed by atoms with van der Waals surface area (Å²) < 4.78 is 46.4. The van der Waals surface area contributed by atoms with Gasteiger partial charge in [-0.25, -0.2) is 0 Å². The van der Waals surface area contributed by atoms with E-state index in [4.69, 9.17) is 0 Å². The zero-order valence-electron chi connectivity index (χ0n) is 25.0. The summed E-state index contributed by atoms with van der Waals surface area (Å²) in [5.41, 5.74) is 7.68. The average molecular weight is 606 g/mol. The van der Waals surface area contributed by atoms with Crippen molar-refractivity contribution in [3.63, 3.8) is 0 Å². The third kappa shape index (κ3) is 4.20. The van der Waals surface area contributed by atoms with Gasteiger partial charge in [-0.3, -0.25) is 0 Å². The van der Waals surface area contributed by atoms with Gasteiger partial charge in [0.25, 0.3) is 0 Å². The first kappa shape index (κ1) is 27.7. The summed E-state index contributed by atoms with van der Waals surface area (Å²) in [6.07, 6.45) is -4.51. The van der Waals surface area contributed by atoms with E-state index in [1.54, 1.807) is 6.07 Å². The zero-order chi connectivity index (χ0) is 31.7. The van der Waals surface area contributed by atoms with Crippen molar-refractivity contribution in [1.29, 1.82) is 5.26 Å². The molecule has 0 aliphatic carbocycles. The molecule has 8 aromatic rings. The van der Waals surface area contributed by atoms with Crippen LogP contribution in [0.2, 0.25) is 0 Å². The van der Waals surface area contributed by atoms with Crippen LogP contribution in [0, 0.1) is 25.2 Å². The molecular formula is C40H26F3N3. The highest BCUT2D eigenvalue weighted by Gasteiger charge is 2.31. The van der Waals surface area contributed by atoms with Gasteiger partial charge in [-0.15, -0.1) is 0 Å². The molecule has 0 unspecified atom stereocenters. The van der Waals surface area contributed by atoms with E-state index in [2.05, 4.69) is 57.7 Å². The van der Waals surface area contributed by atoms with Gasteiger partial charge < -0.3 is 9.13 Å². The predicted octanol–water partition coefficient (Wildman–Crippen LogP) is 11.1. The summed E-state index contributed by atoms with van der Waals surface area (Å²) in [6, 6.07) is 40.0. The molecule has 0 aliphatic heterocycles. The van der Waals surface area contributed by atoms with Crippen LogP contribution < -0.4 is 0 Å². The molecule has 2 heterocycles. The number of aryl methyl sites for hydroxylation is 2. The van der Waals surface area contributed by atoms with Crippen molar-refractivity contribution in [1.82, 2.24) is 9.13 Å². The smallest absolute Gasteiger partial charge is 0.309 e. The normalized spacial score (nSPS) is 12.0. The first-order chi connectivity index (χ1) is 22.2. The molecular weight excluding hydrogens is 579 g/mol. The molecule has 3 nitrogen and oxygen atoms in total. The molecule has 0 N–H and O–H groups in total. The highest BCUT2D eigenvalue weighted by atomic mass is 19.4. The number of halogens is 3. The summed E-state index contributed by atoms with van der Waals surface area (Å²) in [7, 11) is 0. The summed E-state index contributed by atoms with van der Waals surface area (Å²) in [5.74, 6) is 0. The van der Waals surface area contributed by atoms with E-state index >= 15 is 0 Å². The number of rotatable bonds is 3. The first-order valence-corrected chi connectivity index (χ1v) is 15.0. The van der Waals surface area contributed by atoms with Gasteiger partial charge in [0, 0.05) is 27.1 Å². The minimum absolute atomic E-state index is 0.408. The number of nitrogens with zero attached hydrogens (tertiary/aromatic N) is 3. The molecule has 6 aromatic carbocycles. The minimum Gasteiger partial charge on any atom is -0.309 e. The molecule has 0 radical (unpaired) electrons. The van der Waals surface area contributed by atoms with Crippen LogP contribution in [0.5, 0.6) is 0 Å². The quantitative estimate of drug-likeness (QED) is 0.197. The number of fused-ring (bicyclic) bond motifs is 6. The average Bonchev–Trinajstić information content (AvgIpc) is 3.55. The fourth-order valence-electron chi connectivity index (χ4n) is 6.81. The van der Waals surface area contributed by atoms with E-state index in [1.807, 2.05) is 68.4 Å². The second-order valence-corrected chi connectivity index (χ2v) is 11.8. The Bertz CT molecular complexity index is 2560. The maximum atomic E-state index is 14.1. The number of alkyl halides is 3. The molecule has 0 saturated carbocycles. The fourth-order valence-corrected chi connectivity index (χ4v) is 6.81. The molecule has 46 heavy (non-hydrogen) atoms. The molecule has 6 heteroatoms. The summed E-state index contributed by atoms with van der Waals surface area (Å²) in [5, 5.41) is 14.8. The Hall–Kier alpha value is -5.80. The van der Waals surface area contributed by atoms with Crippen molar-refractivity contribution in [3.8, 4) is 28.6 Å². The summed E-state index contributed by atoms with van der Waals surface area (Å²) >= 11 is 0. The van der Waals surface area contributed by atoms with Gasteiger partial charge in [0.1, 0.15) is 6.07 Å². The molecule has 0 spiro atoms. The van der Waals surface area contributed by atoms with Crippen LogP contribution in [0.3, 0.4) is 0 Å². The Morgan fingerprint density at radius 2 is 1.09 bits per heavy atom. The maximum Gasteiger partial charge on any atom is 0.416 e. The first-order valence-electron chi connectivity index (χ1n) is 15.0. The van der Waals surface area contributed by atoms with E-state index in [1.165, 1.54) is 12.1 Å². The number of aromatic nitrogens is 2. The van der Waals surface area contributed by atoms with Crippen molar-refractivity contribution in [2.24, 2.45) is 0 Å².